The number of aliphatic hydroxyl groups excluding tert-OH is 1. The summed E-state index contributed by atoms with van der Waals surface area (Å²) in [5, 5.41) is 17.9. The van der Waals surface area contributed by atoms with Crippen molar-refractivity contribution in [2.75, 3.05) is 0 Å². The number of hydrogen-bond acceptors (Lipinski definition) is 3. The monoisotopic (exact) mass is 420 g/mol. The van der Waals surface area contributed by atoms with Gasteiger partial charge < -0.3 is 10.2 Å². The van der Waals surface area contributed by atoms with Gasteiger partial charge in [-0.2, -0.15) is 0 Å². The summed E-state index contributed by atoms with van der Waals surface area (Å²) in [5.41, 5.74) is 0.733. The second-order valence-electron chi connectivity index (χ2n) is 6.40. The van der Waals surface area contributed by atoms with E-state index in [9.17, 15) is 14.7 Å². The first-order chi connectivity index (χ1) is 14.9. The number of Topliss-reactive ketones (excluding diaryl/α,β-unsaturated/α-hetero) is 1. The Balaban J connectivity index is 4.02. The van der Waals surface area contributed by atoms with Gasteiger partial charge in [-0.25, -0.2) is 0 Å². The van der Waals surface area contributed by atoms with E-state index in [4.69, 9.17) is 5.11 Å². The molecule has 1 atom stereocenters. The molecular formula is C27H32O4. The van der Waals surface area contributed by atoms with Gasteiger partial charge in [0, 0.05) is 0 Å². The van der Waals surface area contributed by atoms with Crippen molar-refractivity contribution in [1.82, 2.24) is 0 Å². The number of ketones is 1. The molecule has 0 bridgehead atoms. The highest BCUT2D eigenvalue weighted by Gasteiger charge is 2.06. The van der Waals surface area contributed by atoms with E-state index in [1.807, 2.05) is 97.2 Å². The molecule has 0 aromatic rings. The summed E-state index contributed by atoms with van der Waals surface area (Å²) < 4.78 is 0. The third-order valence-corrected chi connectivity index (χ3v) is 3.63. The van der Waals surface area contributed by atoms with Gasteiger partial charge in [0.1, 0.15) is 0 Å². The zero-order chi connectivity index (χ0) is 23.2. The molecule has 0 fully saturated rings. The van der Waals surface area contributed by atoms with Crippen molar-refractivity contribution in [1.29, 1.82) is 0 Å². The van der Waals surface area contributed by atoms with Crippen LogP contribution in [0.4, 0.5) is 0 Å². The summed E-state index contributed by atoms with van der Waals surface area (Å²) in [6.45, 7) is 3.34. The van der Waals surface area contributed by atoms with Gasteiger partial charge in [-0.15, -0.1) is 0 Å². The van der Waals surface area contributed by atoms with Gasteiger partial charge >= 0.3 is 5.97 Å². The zero-order valence-electron chi connectivity index (χ0n) is 18.2. The van der Waals surface area contributed by atoms with Gasteiger partial charge in [-0.05, 0) is 25.8 Å². The Morgan fingerprint density at radius 3 is 1.35 bits per heavy atom. The summed E-state index contributed by atoms with van der Waals surface area (Å²) in [6, 6.07) is 0. The Hall–Kier alpha value is -3.50. The summed E-state index contributed by atoms with van der Waals surface area (Å²) in [7, 11) is 0. The predicted octanol–water partition coefficient (Wildman–Crippen LogP) is 5.75. The van der Waals surface area contributed by atoms with Gasteiger partial charge in [0.05, 0.1) is 12.5 Å². The first-order valence-electron chi connectivity index (χ1n) is 10.0. The van der Waals surface area contributed by atoms with Gasteiger partial charge in [0.25, 0.3) is 0 Å². The van der Waals surface area contributed by atoms with Crippen LogP contribution in [-0.2, 0) is 9.59 Å². The molecule has 0 aliphatic carbocycles. The minimum atomic E-state index is -1.00. The number of allylic oxidation sites excluding steroid dienone is 19. The molecule has 4 nitrogen and oxygen atoms in total. The highest BCUT2D eigenvalue weighted by Crippen LogP contribution is 1.99. The summed E-state index contributed by atoms with van der Waals surface area (Å²) in [4.78, 5) is 21.4. The Kier molecular flexibility index (Phi) is 17.6. The van der Waals surface area contributed by atoms with Crippen LogP contribution in [0.3, 0.4) is 0 Å². The normalized spacial score (nSPS) is 15.1. The molecule has 0 unspecified atom stereocenters. The lowest BCUT2D eigenvalue weighted by atomic mass is 10.2. The van der Waals surface area contributed by atoms with Crippen LogP contribution in [0, 0.1) is 0 Å². The van der Waals surface area contributed by atoms with Crippen molar-refractivity contribution in [3.8, 4) is 0 Å². The Bertz CT molecular complexity index is 825. The van der Waals surface area contributed by atoms with E-state index >= 15 is 0 Å². The molecule has 0 heterocycles. The second kappa shape index (κ2) is 19.8. The largest absolute Gasteiger partial charge is 0.481 e. The van der Waals surface area contributed by atoms with Crippen molar-refractivity contribution in [2.45, 2.75) is 32.8 Å². The predicted molar refractivity (Wildman–Crippen MR) is 130 cm³/mol. The Morgan fingerprint density at radius 1 is 0.645 bits per heavy atom. The molecule has 0 saturated heterocycles. The fourth-order valence-corrected chi connectivity index (χ4v) is 1.88. The van der Waals surface area contributed by atoms with E-state index in [0.717, 1.165) is 5.57 Å². The summed E-state index contributed by atoms with van der Waals surface area (Å²) in [6.07, 6.45) is 34.8. The third kappa shape index (κ3) is 21.0. The van der Waals surface area contributed by atoms with Gasteiger partial charge in [-0.3, -0.25) is 9.59 Å². The average Bonchev–Trinajstić information content (AvgIpc) is 2.71. The number of aliphatic hydroxyl groups is 1. The molecule has 0 aliphatic rings. The average molecular weight is 421 g/mol. The molecule has 0 saturated carbocycles. The second-order valence-corrected chi connectivity index (χ2v) is 6.40. The number of carboxylic acids is 1. The van der Waals surface area contributed by atoms with Crippen molar-refractivity contribution in [3.63, 3.8) is 0 Å². The molecule has 0 spiro atoms. The Morgan fingerprint density at radius 2 is 1.00 bits per heavy atom. The molecule has 0 amide bonds. The Labute approximate surface area is 185 Å². The molecule has 4 heteroatoms. The maximum Gasteiger partial charge on any atom is 0.305 e. The summed E-state index contributed by atoms with van der Waals surface area (Å²) in [5.74, 6) is -0.924. The SMILES string of the molecule is CC(=O)/C(C)=C/C=C/C=C\C=C\C=C\C=C\C=C\C=C\C=C\C=C\C[C@H](O)CC(=O)O. The first-order valence-corrected chi connectivity index (χ1v) is 10.0. The number of carboxylic acid groups (broad SMARTS) is 1. The van der Waals surface area contributed by atoms with E-state index in [2.05, 4.69) is 0 Å². The summed E-state index contributed by atoms with van der Waals surface area (Å²) >= 11 is 0. The number of aliphatic carboxylic acids is 1. The van der Waals surface area contributed by atoms with Crippen molar-refractivity contribution in [3.05, 3.63) is 121 Å². The molecule has 0 rings (SSSR count). The molecule has 31 heavy (non-hydrogen) atoms. The van der Waals surface area contributed by atoms with Gasteiger partial charge in [0.2, 0.25) is 0 Å². The maximum absolute atomic E-state index is 11.0. The molecule has 0 aliphatic heterocycles. The van der Waals surface area contributed by atoms with Crippen molar-refractivity contribution >= 4 is 11.8 Å². The minimum Gasteiger partial charge on any atom is -0.481 e. The van der Waals surface area contributed by atoms with Gasteiger partial charge in [-0.1, -0.05) is 115 Å². The lowest BCUT2D eigenvalue weighted by Gasteiger charge is -2.01. The van der Waals surface area contributed by atoms with E-state index < -0.39 is 12.1 Å². The third-order valence-electron chi connectivity index (χ3n) is 3.63. The highest BCUT2D eigenvalue weighted by molar-refractivity contribution is 5.92. The van der Waals surface area contributed by atoms with Crippen LogP contribution >= 0.6 is 0 Å². The lowest BCUT2D eigenvalue weighted by Crippen LogP contribution is -2.11. The molecule has 164 valence electrons. The number of carbonyl (C=O) groups is 2. The van der Waals surface area contributed by atoms with E-state index in [-0.39, 0.29) is 12.2 Å². The van der Waals surface area contributed by atoms with Crippen LogP contribution in [0.15, 0.2) is 121 Å². The quantitative estimate of drug-likeness (QED) is 0.277. The van der Waals surface area contributed by atoms with Crippen LogP contribution in [0.25, 0.3) is 0 Å². The smallest absolute Gasteiger partial charge is 0.305 e. The van der Waals surface area contributed by atoms with E-state index in [1.54, 1.807) is 32.1 Å². The highest BCUT2D eigenvalue weighted by atomic mass is 16.4. The van der Waals surface area contributed by atoms with E-state index in [1.165, 1.54) is 0 Å². The number of hydrogen-bond donors (Lipinski definition) is 2. The van der Waals surface area contributed by atoms with E-state index in [0.29, 0.717) is 6.42 Å². The van der Waals surface area contributed by atoms with Crippen molar-refractivity contribution < 1.29 is 19.8 Å². The zero-order valence-corrected chi connectivity index (χ0v) is 18.2. The molecule has 2 N–H and O–H groups in total. The topological polar surface area (TPSA) is 74.6 Å². The maximum atomic E-state index is 11.0. The van der Waals surface area contributed by atoms with Crippen molar-refractivity contribution in [2.24, 2.45) is 0 Å². The van der Waals surface area contributed by atoms with Crippen LogP contribution in [-0.4, -0.2) is 28.1 Å². The standard InChI is InChI=1S/C27H32O4/c1-24(25(2)28)21-19-17-15-13-11-9-7-5-3-4-6-8-10-12-14-16-18-20-22-26(29)23-27(30)31/h3-21,26,29H,22-23H2,1-2H3,(H,30,31)/b4-3+,7-5+,8-6+,11-9+,12-10+,15-13-,16-14+,19-17+,20-18+,24-21+/t26-/m0/s1. The lowest BCUT2D eigenvalue weighted by molar-refractivity contribution is -0.139. The molecular weight excluding hydrogens is 388 g/mol. The minimum absolute atomic E-state index is 0.0763. The molecule has 0 aromatic heterocycles. The van der Waals surface area contributed by atoms with Crippen LogP contribution in [0.5, 0.6) is 0 Å². The molecule has 0 aromatic carbocycles. The number of carbonyl (C=O) groups excluding carboxylic acids is 1. The van der Waals surface area contributed by atoms with Gasteiger partial charge in [0.15, 0.2) is 5.78 Å². The number of rotatable bonds is 14. The molecule has 0 radical (unpaired) electrons. The van der Waals surface area contributed by atoms with Crippen LogP contribution in [0.1, 0.15) is 26.7 Å². The first kappa shape index (κ1) is 27.5. The fraction of sp³-hybridized carbons (Fsp3) is 0.185. The fourth-order valence-electron chi connectivity index (χ4n) is 1.88. The van der Waals surface area contributed by atoms with Crippen LogP contribution in [0.2, 0.25) is 0 Å². The van der Waals surface area contributed by atoms with Crippen LogP contribution < -0.4 is 0 Å².